The first-order valence-corrected chi connectivity index (χ1v) is 8.36. The molecular weight excluding hydrogens is 328 g/mol. The van der Waals surface area contributed by atoms with Crippen LogP contribution in [0.1, 0.15) is 27.2 Å². The van der Waals surface area contributed by atoms with Gasteiger partial charge < -0.3 is 10.1 Å². The molecule has 0 saturated heterocycles. The van der Waals surface area contributed by atoms with E-state index in [1.54, 1.807) is 13.0 Å². The van der Waals surface area contributed by atoms with Crippen LogP contribution >= 0.6 is 0 Å². The number of nitrogens with one attached hydrogen (secondary N) is 1. The van der Waals surface area contributed by atoms with Crippen molar-refractivity contribution in [2.24, 2.45) is 0 Å². The molecular formula is C21H20N2O3. The Balaban J connectivity index is 1.73. The SMILES string of the molecule is Cc1ccccc1NC(=O)COC(=O)c1c(C)nc2ccccc2c1C. The Morgan fingerprint density at radius 1 is 1.00 bits per heavy atom. The van der Waals surface area contributed by atoms with E-state index < -0.39 is 5.97 Å². The number of carbonyl (C=O) groups excluding carboxylic acids is 2. The molecule has 0 aliphatic heterocycles. The number of amides is 1. The van der Waals surface area contributed by atoms with E-state index in [2.05, 4.69) is 10.3 Å². The Morgan fingerprint density at radius 2 is 1.69 bits per heavy atom. The van der Waals surface area contributed by atoms with E-state index in [9.17, 15) is 9.59 Å². The number of esters is 1. The summed E-state index contributed by atoms with van der Waals surface area (Å²) in [4.78, 5) is 29.1. The molecule has 1 N–H and O–H groups in total. The average Bonchev–Trinajstić information content (AvgIpc) is 2.62. The fourth-order valence-electron chi connectivity index (χ4n) is 2.93. The maximum Gasteiger partial charge on any atom is 0.340 e. The normalized spacial score (nSPS) is 10.6. The highest BCUT2D eigenvalue weighted by atomic mass is 16.5. The Kier molecular flexibility index (Phi) is 4.98. The standard InChI is InChI=1S/C21H20N2O3/c1-13-8-4-6-10-17(13)23-19(24)12-26-21(25)20-14(2)16-9-5-7-11-18(16)22-15(20)3/h4-11H,12H2,1-3H3,(H,23,24). The van der Waals surface area contributed by atoms with Crippen molar-refractivity contribution in [3.05, 3.63) is 70.9 Å². The van der Waals surface area contributed by atoms with Crippen LogP contribution in [0.15, 0.2) is 48.5 Å². The van der Waals surface area contributed by atoms with E-state index in [1.165, 1.54) is 0 Å². The number of benzene rings is 2. The summed E-state index contributed by atoms with van der Waals surface area (Å²) in [7, 11) is 0. The number of aryl methyl sites for hydroxylation is 3. The number of ether oxygens (including phenoxy) is 1. The topological polar surface area (TPSA) is 68.3 Å². The van der Waals surface area contributed by atoms with E-state index >= 15 is 0 Å². The lowest BCUT2D eigenvalue weighted by atomic mass is 10.0. The van der Waals surface area contributed by atoms with Crippen LogP contribution in [0.4, 0.5) is 5.69 Å². The number of aromatic nitrogens is 1. The van der Waals surface area contributed by atoms with E-state index in [-0.39, 0.29) is 12.5 Å². The third kappa shape index (κ3) is 3.57. The predicted molar refractivity (Wildman–Crippen MR) is 101 cm³/mol. The fraction of sp³-hybridized carbons (Fsp3) is 0.190. The minimum Gasteiger partial charge on any atom is -0.452 e. The minimum atomic E-state index is -0.543. The number of nitrogens with zero attached hydrogens (tertiary/aromatic N) is 1. The largest absolute Gasteiger partial charge is 0.452 e. The number of carbonyl (C=O) groups is 2. The lowest BCUT2D eigenvalue weighted by Gasteiger charge is -2.12. The van der Waals surface area contributed by atoms with Gasteiger partial charge in [-0.05, 0) is 44.0 Å². The zero-order valence-corrected chi connectivity index (χ0v) is 15.0. The molecule has 1 aromatic heterocycles. The van der Waals surface area contributed by atoms with Gasteiger partial charge in [-0.3, -0.25) is 9.78 Å². The molecule has 0 radical (unpaired) electrons. The van der Waals surface area contributed by atoms with Gasteiger partial charge >= 0.3 is 5.97 Å². The van der Waals surface area contributed by atoms with Gasteiger partial charge in [0.25, 0.3) is 5.91 Å². The lowest BCUT2D eigenvalue weighted by molar-refractivity contribution is -0.119. The molecule has 0 aliphatic carbocycles. The maximum atomic E-state index is 12.5. The molecule has 5 nitrogen and oxygen atoms in total. The summed E-state index contributed by atoms with van der Waals surface area (Å²) in [5.74, 6) is -0.921. The van der Waals surface area contributed by atoms with Crippen LogP contribution < -0.4 is 5.32 Å². The van der Waals surface area contributed by atoms with Crippen molar-refractivity contribution in [1.29, 1.82) is 0 Å². The summed E-state index contributed by atoms with van der Waals surface area (Å²) in [6.45, 7) is 5.18. The van der Waals surface area contributed by atoms with Crippen LogP contribution in [0.3, 0.4) is 0 Å². The molecule has 1 amide bonds. The number of hydrogen-bond acceptors (Lipinski definition) is 4. The number of pyridine rings is 1. The molecule has 0 unspecified atom stereocenters. The highest BCUT2D eigenvalue weighted by Crippen LogP contribution is 2.23. The maximum absolute atomic E-state index is 12.5. The number of para-hydroxylation sites is 2. The van der Waals surface area contributed by atoms with Crippen molar-refractivity contribution in [3.63, 3.8) is 0 Å². The van der Waals surface area contributed by atoms with Crippen LogP contribution in [0.5, 0.6) is 0 Å². The molecule has 5 heteroatoms. The third-order valence-corrected chi connectivity index (χ3v) is 4.29. The molecule has 26 heavy (non-hydrogen) atoms. The molecule has 0 bridgehead atoms. The summed E-state index contributed by atoms with van der Waals surface area (Å²) in [6, 6.07) is 15.1. The van der Waals surface area contributed by atoms with E-state index in [1.807, 2.05) is 56.3 Å². The van der Waals surface area contributed by atoms with Gasteiger partial charge in [0.05, 0.1) is 16.8 Å². The van der Waals surface area contributed by atoms with Gasteiger partial charge in [-0.15, -0.1) is 0 Å². The molecule has 1 heterocycles. The van der Waals surface area contributed by atoms with Crippen molar-refractivity contribution >= 4 is 28.5 Å². The van der Waals surface area contributed by atoms with Crippen molar-refractivity contribution in [2.75, 3.05) is 11.9 Å². The summed E-state index contributed by atoms with van der Waals surface area (Å²) in [5, 5.41) is 3.64. The Bertz CT molecular complexity index is 996. The van der Waals surface area contributed by atoms with Crippen molar-refractivity contribution in [2.45, 2.75) is 20.8 Å². The Morgan fingerprint density at radius 3 is 2.46 bits per heavy atom. The van der Waals surface area contributed by atoms with Gasteiger partial charge in [0.15, 0.2) is 6.61 Å². The van der Waals surface area contributed by atoms with Crippen molar-refractivity contribution in [1.82, 2.24) is 4.98 Å². The molecule has 0 fully saturated rings. The summed E-state index contributed by atoms with van der Waals surface area (Å²) < 4.78 is 5.22. The molecule has 0 atom stereocenters. The van der Waals surface area contributed by atoms with Gasteiger partial charge in [0, 0.05) is 11.1 Å². The second kappa shape index (κ2) is 7.35. The summed E-state index contributed by atoms with van der Waals surface area (Å²) >= 11 is 0. The van der Waals surface area contributed by atoms with Crippen LogP contribution in [-0.2, 0) is 9.53 Å². The smallest absolute Gasteiger partial charge is 0.340 e. The molecule has 3 aromatic rings. The molecule has 0 saturated carbocycles. The molecule has 0 aliphatic rings. The van der Waals surface area contributed by atoms with Gasteiger partial charge in [-0.25, -0.2) is 4.79 Å². The number of rotatable bonds is 4. The predicted octanol–water partition coefficient (Wildman–Crippen LogP) is 3.96. The average molecular weight is 348 g/mol. The first kappa shape index (κ1) is 17.6. The van der Waals surface area contributed by atoms with Gasteiger partial charge in [-0.2, -0.15) is 0 Å². The monoisotopic (exact) mass is 348 g/mol. The molecule has 132 valence electrons. The number of hydrogen-bond donors (Lipinski definition) is 1. The summed E-state index contributed by atoms with van der Waals surface area (Å²) in [6.07, 6.45) is 0. The number of fused-ring (bicyclic) bond motifs is 1. The molecule has 3 rings (SSSR count). The quantitative estimate of drug-likeness (QED) is 0.725. The highest BCUT2D eigenvalue weighted by molar-refractivity contribution is 6.00. The van der Waals surface area contributed by atoms with E-state index in [0.717, 1.165) is 22.0 Å². The third-order valence-electron chi connectivity index (χ3n) is 4.29. The van der Waals surface area contributed by atoms with Crippen LogP contribution in [0.2, 0.25) is 0 Å². The summed E-state index contributed by atoms with van der Waals surface area (Å²) in [5.41, 5.74) is 4.28. The second-order valence-corrected chi connectivity index (χ2v) is 6.15. The zero-order valence-electron chi connectivity index (χ0n) is 15.0. The van der Waals surface area contributed by atoms with Crippen LogP contribution in [-0.4, -0.2) is 23.5 Å². The molecule has 0 spiro atoms. The minimum absolute atomic E-state index is 0.348. The zero-order chi connectivity index (χ0) is 18.7. The first-order valence-electron chi connectivity index (χ1n) is 8.36. The highest BCUT2D eigenvalue weighted by Gasteiger charge is 2.18. The Hall–Kier alpha value is -3.21. The lowest BCUT2D eigenvalue weighted by Crippen LogP contribution is -2.22. The second-order valence-electron chi connectivity index (χ2n) is 6.15. The Labute approximate surface area is 152 Å². The van der Waals surface area contributed by atoms with Gasteiger partial charge in [0.2, 0.25) is 0 Å². The molecule has 2 aromatic carbocycles. The first-order chi connectivity index (χ1) is 12.5. The van der Waals surface area contributed by atoms with Crippen molar-refractivity contribution in [3.8, 4) is 0 Å². The van der Waals surface area contributed by atoms with Gasteiger partial charge in [-0.1, -0.05) is 36.4 Å². The van der Waals surface area contributed by atoms with E-state index in [0.29, 0.717) is 16.9 Å². The fourth-order valence-corrected chi connectivity index (χ4v) is 2.93. The number of anilines is 1. The van der Waals surface area contributed by atoms with Crippen LogP contribution in [0, 0.1) is 20.8 Å². The van der Waals surface area contributed by atoms with Gasteiger partial charge in [0.1, 0.15) is 0 Å². The van der Waals surface area contributed by atoms with Crippen LogP contribution in [0.25, 0.3) is 10.9 Å². The van der Waals surface area contributed by atoms with Crippen molar-refractivity contribution < 1.29 is 14.3 Å². The van der Waals surface area contributed by atoms with E-state index in [4.69, 9.17) is 4.74 Å².